The molecule has 2 rings (SSSR count). The van der Waals surface area contributed by atoms with Gasteiger partial charge in [0.05, 0.1) is 12.2 Å². The molecule has 2 aromatic rings. The zero-order valence-electron chi connectivity index (χ0n) is 11.3. The van der Waals surface area contributed by atoms with Gasteiger partial charge in [0, 0.05) is 10.7 Å². The minimum absolute atomic E-state index is 0.152. The Morgan fingerprint density at radius 3 is 2.75 bits per heavy atom. The molecule has 0 saturated heterocycles. The van der Waals surface area contributed by atoms with Gasteiger partial charge < -0.3 is 14.4 Å². The van der Waals surface area contributed by atoms with Gasteiger partial charge in [-0.25, -0.2) is 4.98 Å². The minimum atomic E-state index is -0.926. The normalized spacial score (nSPS) is 10.6. The van der Waals surface area contributed by atoms with E-state index < -0.39 is 5.97 Å². The lowest BCUT2D eigenvalue weighted by atomic mass is 10.3. The Balaban J connectivity index is 2.25. The third-order valence-corrected chi connectivity index (χ3v) is 3.13. The van der Waals surface area contributed by atoms with E-state index >= 15 is 0 Å². The molecule has 0 aliphatic rings. The van der Waals surface area contributed by atoms with E-state index in [1.807, 2.05) is 13.8 Å². The highest BCUT2D eigenvalue weighted by Gasteiger charge is 2.15. The summed E-state index contributed by atoms with van der Waals surface area (Å²) >= 11 is 5.94. The third kappa shape index (κ3) is 3.51. The maximum absolute atomic E-state index is 11.0. The third-order valence-electron chi connectivity index (χ3n) is 2.90. The van der Waals surface area contributed by atoms with Crippen LogP contribution < -0.4 is 4.90 Å². The molecule has 0 amide bonds. The predicted octanol–water partition coefficient (Wildman–Crippen LogP) is 3.04. The zero-order valence-corrected chi connectivity index (χ0v) is 12.0. The summed E-state index contributed by atoms with van der Waals surface area (Å²) in [6.45, 7) is 3.80. The first kappa shape index (κ1) is 14.4. The SMILES string of the molecule is Cc1nc(CN(CC(=O)O)c2cccc(Cl)c2)oc1C. The molecule has 1 aromatic carbocycles. The number of oxazole rings is 1. The van der Waals surface area contributed by atoms with Crippen LogP contribution in [0.15, 0.2) is 28.7 Å². The van der Waals surface area contributed by atoms with Crippen LogP contribution in [0.2, 0.25) is 5.02 Å². The number of benzene rings is 1. The molecule has 0 atom stereocenters. The number of anilines is 1. The van der Waals surface area contributed by atoms with Crippen LogP contribution in [0.5, 0.6) is 0 Å². The number of carboxylic acid groups (broad SMARTS) is 1. The molecule has 1 heterocycles. The molecule has 106 valence electrons. The molecular weight excluding hydrogens is 280 g/mol. The smallest absolute Gasteiger partial charge is 0.323 e. The summed E-state index contributed by atoms with van der Waals surface area (Å²) in [6, 6.07) is 7.03. The molecule has 0 aliphatic carbocycles. The molecule has 0 spiro atoms. The number of rotatable bonds is 5. The van der Waals surface area contributed by atoms with Crippen LogP contribution in [0.25, 0.3) is 0 Å². The van der Waals surface area contributed by atoms with Crippen molar-refractivity contribution in [2.45, 2.75) is 20.4 Å². The van der Waals surface area contributed by atoms with Crippen molar-refractivity contribution in [3.8, 4) is 0 Å². The predicted molar refractivity (Wildman–Crippen MR) is 76.1 cm³/mol. The summed E-state index contributed by atoms with van der Waals surface area (Å²) in [6.07, 6.45) is 0. The van der Waals surface area contributed by atoms with Crippen LogP contribution in [0.1, 0.15) is 17.3 Å². The van der Waals surface area contributed by atoms with Gasteiger partial charge >= 0.3 is 5.97 Å². The van der Waals surface area contributed by atoms with Gasteiger partial charge in [-0.05, 0) is 32.0 Å². The molecule has 0 saturated carbocycles. The van der Waals surface area contributed by atoms with Gasteiger partial charge in [0.2, 0.25) is 5.89 Å². The maximum atomic E-state index is 11.0. The maximum Gasteiger partial charge on any atom is 0.323 e. The van der Waals surface area contributed by atoms with Crippen LogP contribution >= 0.6 is 11.6 Å². The first-order valence-corrected chi connectivity index (χ1v) is 6.48. The topological polar surface area (TPSA) is 66.6 Å². The van der Waals surface area contributed by atoms with E-state index in [9.17, 15) is 4.79 Å². The highest BCUT2D eigenvalue weighted by molar-refractivity contribution is 6.30. The summed E-state index contributed by atoms with van der Waals surface area (Å²) in [7, 11) is 0. The number of aryl methyl sites for hydroxylation is 2. The number of hydrogen-bond acceptors (Lipinski definition) is 4. The molecule has 0 bridgehead atoms. The van der Waals surface area contributed by atoms with E-state index in [2.05, 4.69) is 4.98 Å². The first-order valence-electron chi connectivity index (χ1n) is 6.11. The monoisotopic (exact) mass is 294 g/mol. The van der Waals surface area contributed by atoms with Crippen LogP contribution in [-0.2, 0) is 11.3 Å². The standard InChI is InChI=1S/C14H15ClN2O3/c1-9-10(2)20-13(16-9)7-17(8-14(18)19)12-5-3-4-11(15)6-12/h3-6H,7-8H2,1-2H3,(H,18,19). The summed E-state index contributed by atoms with van der Waals surface area (Å²) in [4.78, 5) is 16.9. The Hall–Kier alpha value is -2.01. The van der Waals surface area contributed by atoms with Crippen molar-refractivity contribution in [3.05, 3.63) is 46.6 Å². The number of carboxylic acids is 1. The lowest BCUT2D eigenvalue weighted by Crippen LogP contribution is -2.29. The lowest BCUT2D eigenvalue weighted by molar-refractivity contribution is -0.135. The lowest BCUT2D eigenvalue weighted by Gasteiger charge is -2.21. The van der Waals surface area contributed by atoms with E-state index in [-0.39, 0.29) is 13.1 Å². The second-order valence-corrected chi connectivity index (χ2v) is 4.92. The van der Waals surface area contributed by atoms with Gasteiger partial charge in [-0.2, -0.15) is 0 Å². The van der Waals surface area contributed by atoms with Crippen molar-refractivity contribution < 1.29 is 14.3 Å². The number of nitrogens with zero attached hydrogens (tertiary/aromatic N) is 2. The summed E-state index contributed by atoms with van der Waals surface area (Å²) in [5, 5.41) is 9.58. The summed E-state index contributed by atoms with van der Waals surface area (Å²) in [5.41, 5.74) is 1.52. The fourth-order valence-corrected chi connectivity index (χ4v) is 2.03. The Labute approximate surface area is 121 Å². The number of aliphatic carboxylic acids is 1. The van der Waals surface area contributed by atoms with Gasteiger partial charge in [0.1, 0.15) is 12.3 Å². The second-order valence-electron chi connectivity index (χ2n) is 4.48. The van der Waals surface area contributed by atoms with Crippen LogP contribution in [0.3, 0.4) is 0 Å². The van der Waals surface area contributed by atoms with Crippen molar-refractivity contribution in [1.82, 2.24) is 4.98 Å². The minimum Gasteiger partial charge on any atom is -0.480 e. The largest absolute Gasteiger partial charge is 0.480 e. The number of aromatic nitrogens is 1. The molecule has 20 heavy (non-hydrogen) atoms. The van der Waals surface area contributed by atoms with E-state index in [1.54, 1.807) is 29.2 Å². The Morgan fingerprint density at radius 2 is 2.20 bits per heavy atom. The van der Waals surface area contributed by atoms with Crippen molar-refractivity contribution in [2.75, 3.05) is 11.4 Å². The molecule has 0 unspecified atom stereocenters. The number of halogens is 1. The molecule has 1 aromatic heterocycles. The highest BCUT2D eigenvalue weighted by Crippen LogP contribution is 2.21. The van der Waals surface area contributed by atoms with E-state index in [0.717, 1.165) is 11.5 Å². The molecule has 6 heteroatoms. The first-order chi connectivity index (χ1) is 9.45. The summed E-state index contributed by atoms with van der Waals surface area (Å²) < 4.78 is 5.50. The van der Waals surface area contributed by atoms with Gasteiger partial charge in [0.15, 0.2) is 0 Å². The molecule has 5 nitrogen and oxygen atoms in total. The Kier molecular flexibility index (Phi) is 4.29. The van der Waals surface area contributed by atoms with Crippen molar-refractivity contribution in [2.24, 2.45) is 0 Å². The molecule has 0 radical (unpaired) electrons. The fourth-order valence-electron chi connectivity index (χ4n) is 1.84. The average molecular weight is 295 g/mol. The van der Waals surface area contributed by atoms with Crippen molar-refractivity contribution in [1.29, 1.82) is 0 Å². The quantitative estimate of drug-likeness (QED) is 0.918. The van der Waals surface area contributed by atoms with Gasteiger partial charge in [-0.3, -0.25) is 4.79 Å². The summed E-state index contributed by atoms with van der Waals surface area (Å²) in [5.74, 6) is 0.299. The molecule has 0 fully saturated rings. The molecular formula is C14H15ClN2O3. The van der Waals surface area contributed by atoms with E-state index in [1.165, 1.54) is 0 Å². The van der Waals surface area contributed by atoms with Crippen molar-refractivity contribution in [3.63, 3.8) is 0 Å². The van der Waals surface area contributed by atoms with Crippen LogP contribution in [0, 0.1) is 13.8 Å². The highest BCUT2D eigenvalue weighted by atomic mass is 35.5. The zero-order chi connectivity index (χ0) is 14.7. The van der Waals surface area contributed by atoms with E-state index in [4.69, 9.17) is 21.1 Å². The fraction of sp³-hybridized carbons (Fsp3) is 0.286. The van der Waals surface area contributed by atoms with E-state index in [0.29, 0.717) is 16.6 Å². The average Bonchev–Trinajstić information content (AvgIpc) is 2.67. The van der Waals surface area contributed by atoms with Crippen LogP contribution in [-0.4, -0.2) is 22.6 Å². The van der Waals surface area contributed by atoms with Gasteiger partial charge in [-0.15, -0.1) is 0 Å². The Morgan fingerprint density at radius 1 is 1.45 bits per heavy atom. The molecule has 0 aliphatic heterocycles. The van der Waals surface area contributed by atoms with Gasteiger partial charge in [-0.1, -0.05) is 17.7 Å². The second kappa shape index (κ2) is 5.96. The Bertz CT molecular complexity index is 605. The molecule has 1 N–H and O–H groups in total. The van der Waals surface area contributed by atoms with Crippen molar-refractivity contribution >= 4 is 23.3 Å². The number of carbonyl (C=O) groups is 1. The number of hydrogen-bond donors (Lipinski definition) is 1. The van der Waals surface area contributed by atoms with Crippen LogP contribution in [0.4, 0.5) is 5.69 Å². The van der Waals surface area contributed by atoms with Gasteiger partial charge in [0.25, 0.3) is 0 Å².